The van der Waals surface area contributed by atoms with Gasteiger partial charge in [0.25, 0.3) is 0 Å². The molecule has 0 nitrogen and oxygen atoms in total. The van der Waals surface area contributed by atoms with Crippen LogP contribution < -0.4 is 28.1 Å². The van der Waals surface area contributed by atoms with E-state index in [4.69, 9.17) is 0 Å². The van der Waals surface area contributed by atoms with Crippen molar-refractivity contribution in [2.24, 2.45) is 11.3 Å². The van der Waals surface area contributed by atoms with Crippen molar-refractivity contribution < 1.29 is 72.4 Å². The van der Waals surface area contributed by atoms with Crippen LogP contribution in [0.3, 0.4) is 0 Å². The van der Waals surface area contributed by atoms with Crippen LogP contribution in [0.1, 0.15) is 133 Å². The summed E-state index contributed by atoms with van der Waals surface area (Å²) in [6.07, 6.45) is -0.620. The number of alkyl halides is 6. The Morgan fingerprint density at radius 3 is 1.53 bits per heavy atom. The maximum atomic E-state index is 14.0. The van der Waals surface area contributed by atoms with Crippen molar-refractivity contribution >= 4 is 6.48 Å². The Hall–Kier alpha value is -2.73. The molecule has 0 bridgehead atoms. The summed E-state index contributed by atoms with van der Waals surface area (Å²) in [5, 5.41) is 0. The molecule has 0 aliphatic heterocycles. The molecule has 0 radical (unpaired) electrons. The van der Waals surface area contributed by atoms with Gasteiger partial charge >= 0.3 is 339 Å². The number of halogens is 8. The molecule has 0 amide bonds. The van der Waals surface area contributed by atoms with Crippen molar-refractivity contribution in [2.75, 3.05) is 0 Å². The Morgan fingerprint density at radius 1 is 0.603 bits per heavy atom. The van der Waals surface area contributed by atoms with Gasteiger partial charge in [0.05, 0.1) is 0 Å². The fourth-order valence-corrected chi connectivity index (χ4v) is 16.6. The zero-order valence-corrected chi connectivity index (χ0v) is 39.1. The molecule has 0 heterocycles. The second kappa shape index (κ2) is 17.3. The summed E-state index contributed by atoms with van der Waals surface area (Å²) in [4.78, 5) is 0. The van der Waals surface area contributed by atoms with Crippen LogP contribution in [-0.4, -0.2) is 3.21 Å². The van der Waals surface area contributed by atoms with Crippen LogP contribution in [0, 0.1) is 11.3 Å². The molecule has 4 aromatic rings. The summed E-state index contributed by atoms with van der Waals surface area (Å²) in [6, 6.07) is 22.2. The first kappa shape index (κ1) is 47.9. The van der Waals surface area contributed by atoms with Gasteiger partial charge in [-0.05, 0) is 0 Å². The first-order valence-corrected chi connectivity index (χ1v) is 23.4. The zero-order valence-electron chi connectivity index (χ0n) is 35.1. The normalized spacial score (nSPS) is 15.3. The molecule has 4 aromatic carbocycles. The predicted octanol–water partition coefficient (Wildman–Crippen LogP) is 8.09. The van der Waals surface area contributed by atoms with Gasteiger partial charge in [-0.25, -0.2) is 0 Å². The summed E-state index contributed by atoms with van der Waals surface area (Å²) in [5.74, 6) is 0.114. The number of benzene rings is 4. The van der Waals surface area contributed by atoms with Crippen LogP contribution >= 0.6 is 0 Å². The molecule has 58 heavy (non-hydrogen) atoms. The van der Waals surface area contributed by atoms with E-state index in [1.54, 1.807) is 24.3 Å². The van der Waals surface area contributed by atoms with Gasteiger partial charge in [-0.2, -0.15) is 0 Å². The van der Waals surface area contributed by atoms with Crippen LogP contribution in [0.2, 0.25) is 0 Å². The smallest absolute Gasteiger partial charge is 1.00 e. The monoisotopic (exact) mass is 916 g/mol. The van der Waals surface area contributed by atoms with Crippen LogP contribution in [0.5, 0.6) is 0 Å². The fraction of sp³-hybridized carbons (Fsp3) is 0.408. The molecular weight excluding hydrogens is 865 g/mol. The third-order valence-corrected chi connectivity index (χ3v) is 19.1. The van der Waals surface area contributed by atoms with E-state index in [2.05, 4.69) is 112 Å². The number of unbranched alkanes of at least 4 members (excludes halogenated alkanes) is 1. The minimum Gasteiger partial charge on any atom is -1.00 e. The molecule has 1 atom stereocenters. The van der Waals surface area contributed by atoms with Gasteiger partial charge in [-0.1, -0.05) is 0 Å². The van der Waals surface area contributed by atoms with Gasteiger partial charge in [0.15, 0.2) is 0 Å². The Kier molecular flexibility index (Phi) is 14.3. The molecule has 0 spiro atoms. The van der Waals surface area contributed by atoms with E-state index in [0.717, 1.165) is 53.2 Å². The average molecular weight is 919 g/mol. The van der Waals surface area contributed by atoms with E-state index in [-0.39, 0.29) is 47.0 Å². The molecule has 2 aliphatic carbocycles. The molecule has 0 saturated heterocycles. The van der Waals surface area contributed by atoms with Gasteiger partial charge in [0.1, 0.15) is 0 Å². The third-order valence-electron chi connectivity index (χ3n) is 11.4. The largest absolute Gasteiger partial charge is 1.00 e. The molecular formula is C49H54Cl2F6Zr. The SMILES string of the molecule is CCCCC1C=C(C(C)(C)C)C=[C]1[Zr+2](=[C](c1ccc(C(F)(F)F)cc1)c1ccc(C(F)(F)F)cc1)[c]1cc(C(C)(C)C)cc2c1Cc1ccc(C(C)(C)C)cc1-2.[Cl-].[Cl-]. The Bertz CT molecular complexity index is 2160. The molecule has 2 aliphatic rings. The fourth-order valence-electron chi connectivity index (χ4n) is 7.95. The van der Waals surface area contributed by atoms with E-state index in [0.29, 0.717) is 11.1 Å². The number of fused-ring (bicyclic) bond motifs is 3. The van der Waals surface area contributed by atoms with E-state index in [1.807, 2.05) is 0 Å². The number of rotatable bonds is 7. The second-order valence-corrected chi connectivity index (χ2v) is 24.5. The van der Waals surface area contributed by atoms with Crippen molar-refractivity contribution in [3.63, 3.8) is 0 Å². The summed E-state index contributed by atoms with van der Waals surface area (Å²) in [5.41, 5.74) is 7.83. The van der Waals surface area contributed by atoms with Crippen LogP contribution in [0.25, 0.3) is 11.1 Å². The average Bonchev–Trinajstić information content (AvgIpc) is 3.70. The molecule has 6 rings (SSSR count). The molecule has 0 N–H and O–H groups in total. The topological polar surface area (TPSA) is 0 Å². The number of allylic oxidation sites excluding steroid dienone is 4. The first-order chi connectivity index (χ1) is 25.9. The minimum absolute atomic E-state index is 0. The number of hydrogen-bond acceptors (Lipinski definition) is 0. The first-order valence-electron chi connectivity index (χ1n) is 19.7. The molecule has 0 aromatic heterocycles. The van der Waals surface area contributed by atoms with Crippen molar-refractivity contribution in [2.45, 2.75) is 118 Å². The van der Waals surface area contributed by atoms with E-state index in [1.165, 1.54) is 45.5 Å². The maximum absolute atomic E-state index is 14.0. The molecule has 0 saturated carbocycles. The van der Waals surface area contributed by atoms with Crippen LogP contribution in [0.15, 0.2) is 99.9 Å². The van der Waals surface area contributed by atoms with E-state index >= 15 is 0 Å². The molecule has 0 fully saturated rings. The van der Waals surface area contributed by atoms with E-state index in [9.17, 15) is 26.3 Å². The maximum Gasteiger partial charge on any atom is -1.00 e. The summed E-state index contributed by atoms with van der Waals surface area (Å²) >= 11 is -3.62. The molecule has 1 unspecified atom stereocenters. The van der Waals surface area contributed by atoms with E-state index < -0.39 is 44.7 Å². The Balaban J connectivity index is 0.00000372. The Labute approximate surface area is 361 Å². The predicted molar refractivity (Wildman–Crippen MR) is 216 cm³/mol. The minimum atomic E-state index is -4.53. The van der Waals surface area contributed by atoms with Crippen molar-refractivity contribution in [3.05, 3.63) is 144 Å². The van der Waals surface area contributed by atoms with Crippen molar-refractivity contribution in [1.82, 2.24) is 0 Å². The van der Waals surface area contributed by atoms with Gasteiger partial charge in [-0.15, -0.1) is 0 Å². The summed E-state index contributed by atoms with van der Waals surface area (Å²) in [7, 11) is 0. The van der Waals surface area contributed by atoms with Crippen molar-refractivity contribution in [1.29, 1.82) is 0 Å². The van der Waals surface area contributed by atoms with Gasteiger partial charge < -0.3 is 24.8 Å². The molecule has 310 valence electrons. The quantitative estimate of drug-likeness (QED) is 0.145. The zero-order chi connectivity index (χ0) is 41.2. The van der Waals surface area contributed by atoms with Crippen LogP contribution in [0.4, 0.5) is 26.3 Å². The van der Waals surface area contributed by atoms with Gasteiger partial charge in [-0.3, -0.25) is 0 Å². The standard InChI is InChI=1S/C21H25.C15H8F6.C13H21.2ClH.Zr/c1-20(2,3)16-9-7-14-11-15-8-10-17(21(4,5)6)13-19(15)18(14)12-16;16-14(17,18)12-5-1-10(2-6-12)9-11-3-7-13(8-4-11)15(19,20)21;1-5-6-7-11-8-9-12(10-11)13(2,3)4;;;/h7,9-10,12-13H,11H2,1-6H3;1-8H;9-11H,5-7H2,1-4H3;2*1H;/q;;;;;+2/p-2. The second-order valence-electron chi connectivity index (χ2n) is 18.7. The Morgan fingerprint density at radius 2 is 1.09 bits per heavy atom. The third kappa shape index (κ3) is 10.1. The number of hydrogen-bond donors (Lipinski definition) is 0. The summed E-state index contributed by atoms with van der Waals surface area (Å²) < 4.78 is 87.5. The summed E-state index contributed by atoms with van der Waals surface area (Å²) in [6.45, 7) is 22.0. The molecule has 9 heteroatoms. The van der Waals surface area contributed by atoms with Crippen molar-refractivity contribution in [3.8, 4) is 11.1 Å². The van der Waals surface area contributed by atoms with Gasteiger partial charge in [0.2, 0.25) is 0 Å². The van der Waals surface area contributed by atoms with Gasteiger partial charge in [0, 0.05) is 0 Å². The van der Waals surface area contributed by atoms with Crippen LogP contribution in [-0.2, 0) is 50.9 Å².